The number of hydrogen-bond acceptors (Lipinski definition) is 6. The first-order valence-electron chi connectivity index (χ1n) is 12.9. The summed E-state index contributed by atoms with van der Waals surface area (Å²) in [6, 6.07) is 22.5. The van der Waals surface area contributed by atoms with Crippen LogP contribution in [0.2, 0.25) is 0 Å². The summed E-state index contributed by atoms with van der Waals surface area (Å²) < 4.78 is 17.4. The molecule has 0 N–H and O–H groups in total. The van der Waals surface area contributed by atoms with Gasteiger partial charge in [-0.25, -0.2) is 4.99 Å². The van der Waals surface area contributed by atoms with Crippen molar-refractivity contribution in [2.45, 2.75) is 39.5 Å². The Bertz CT molecular complexity index is 1510. The van der Waals surface area contributed by atoms with Crippen LogP contribution in [0.15, 0.2) is 77.8 Å². The molecular formula is C31H31N3O5. The number of amides is 2. The van der Waals surface area contributed by atoms with Gasteiger partial charge in [-0.05, 0) is 82.3 Å². The van der Waals surface area contributed by atoms with Crippen molar-refractivity contribution in [3.8, 4) is 11.5 Å². The number of fused-ring (bicyclic) bond motifs is 2. The fourth-order valence-corrected chi connectivity index (χ4v) is 6.05. The zero-order valence-electron chi connectivity index (χ0n) is 22.9. The van der Waals surface area contributed by atoms with Gasteiger partial charge in [0.15, 0.2) is 11.8 Å². The zero-order valence-corrected chi connectivity index (χ0v) is 22.9. The zero-order chi connectivity index (χ0) is 27.7. The van der Waals surface area contributed by atoms with E-state index in [1.807, 2.05) is 100 Å². The molecule has 3 heterocycles. The van der Waals surface area contributed by atoms with E-state index in [2.05, 4.69) is 0 Å². The summed E-state index contributed by atoms with van der Waals surface area (Å²) in [5.41, 5.74) is 0.388. The number of rotatable bonds is 5. The summed E-state index contributed by atoms with van der Waals surface area (Å²) in [5, 5.41) is 0. The first kappa shape index (κ1) is 25.0. The SMILES string of the molecule is COc1ccc(N2C(=O)C(C)(C)[C@@H]2OC2=Nc3ccccc3[C@@]23N(c2ccc(OC)cc2)C(=O)C3(C)C)cc1. The topological polar surface area (TPSA) is 80.7 Å². The van der Waals surface area contributed by atoms with E-state index in [4.69, 9.17) is 19.2 Å². The van der Waals surface area contributed by atoms with E-state index in [-0.39, 0.29) is 11.8 Å². The molecule has 6 rings (SSSR count). The normalized spacial score (nSPS) is 24.1. The average molecular weight is 526 g/mol. The van der Waals surface area contributed by atoms with Crippen LogP contribution >= 0.6 is 0 Å². The first-order valence-corrected chi connectivity index (χ1v) is 12.9. The molecule has 2 saturated heterocycles. The third-order valence-corrected chi connectivity index (χ3v) is 8.33. The van der Waals surface area contributed by atoms with E-state index < -0.39 is 22.6 Å². The van der Waals surface area contributed by atoms with Crippen LogP contribution in [0, 0.1) is 10.8 Å². The highest BCUT2D eigenvalue weighted by atomic mass is 16.5. The molecule has 0 radical (unpaired) electrons. The number of carbonyl (C=O) groups excluding carboxylic acids is 2. The van der Waals surface area contributed by atoms with Crippen LogP contribution in [-0.4, -0.2) is 38.2 Å². The van der Waals surface area contributed by atoms with Crippen molar-refractivity contribution in [3.05, 3.63) is 78.4 Å². The number of hydrogen-bond donors (Lipinski definition) is 0. The van der Waals surface area contributed by atoms with Crippen LogP contribution in [0.3, 0.4) is 0 Å². The molecule has 1 spiro atoms. The Hall–Kier alpha value is -4.33. The lowest BCUT2D eigenvalue weighted by molar-refractivity contribution is -0.151. The van der Waals surface area contributed by atoms with Crippen LogP contribution in [-0.2, 0) is 19.9 Å². The maximum atomic E-state index is 13.8. The Morgan fingerprint density at radius 1 is 0.744 bits per heavy atom. The highest BCUT2D eigenvalue weighted by Crippen LogP contribution is 2.62. The van der Waals surface area contributed by atoms with Gasteiger partial charge in [-0.15, -0.1) is 0 Å². The number of ether oxygens (including phenoxy) is 3. The van der Waals surface area contributed by atoms with Crippen LogP contribution in [0.1, 0.15) is 33.3 Å². The Labute approximate surface area is 227 Å². The van der Waals surface area contributed by atoms with E-state index in [0.717, 1.165) is 11.3 Å². The maximum absolute atomic E-state index is 13.8. The predicted molar refractivity (Wildman–Crippen MR) is 149 cm³/mol. The van der Waals surface area contributed by atoms with Gasteiger partial charge in [-0.3, -0.25) is 19.4 Å². The van der Waals surface area contributed by atoms with Crippen molar-refractivity contribution < 1.29 is 23.8 Å². The quantitative estimate of drug-likeness (QED) is 0.415. The molecule has 0 aliphatic carbocycles. The average Bonchev–Trinajstić information content (AvgIpc) is 3.30. The number of β-lactam (4-membered cyclic amide) rings is 2. The molecule has 39 heavy (non-hydrogen) atoms. The van der Waals surface area contributed by atoms with E-state index in [9.17, 15) is 9.59 Å². The van der Waals surface area contributed by atoms with Gasteiger partial charge in [0.05, 0.1) is 25.3 Å². The third kappa shape index (κ3) is 3.14. The molecule has 0 unspecified atom stereocenters. The fourth-order valence-electron chi connectivity index (χ4n) is 6.05. The van der Waals surface area contributed by atoms with Gasteiger partial charge in [-0.1, -0.05) is 18.2 Å². The van der Waals surface area contributed by atoms with Crippen molar-refractivity contribution >= 4 is 34.8 Å². The number of anilines is 2. The second kappa shape index (κ2) is 8.33. The summed E-state index contributed by atoms with van der Waals surface area (Å²) in [6.45, 7) is 7.59. The lowest BCUT2D eigenvalue weighted by Crippen LogP contribution is -2.78. The minimum Gasteiger partial charge on any atom is -0.497 e. The Morgan fingerprint density at radius 2 is 1.31 bits per heavy atom. The minimum atomic E-state index is -0.991. The second-order valence-electron chi connectivity index (χ2n) is 11.2. The van der Waals surface area contributed by atoms with Gasteiger partial charge in [-0.2, -0.15) is 0 Å². The van der Waals surface area contributed by atoms with Crippen molar-refractivity contribution in [1.82, 2.24) is 0 Å². The number of nitrogens with zero attached hydrogens (tertiary/aromatic N) is 3. The highest BCUT2D eigenvalue weighted by molar-refractivity contribution is 6.20. The van der Waals surface area contributed by atoms with Gasteiger partial charge in [0, 0.05) is 16.9 Å². The van der Waals surface area contributed by atoms with Crippen molar-refractivity contribution in [3.63, 3.8) is 0 Å². The molecule has 3 aliphatic rings. The number of carbonyl (C=O) groups is 2. The number of benzene rings is 3. The van der Waals surface area contributed by atoms with Crippen LogP contribution in [0.4, 0.5) is 17.1 Å². The molecule has 8 nitrogen and oxygen atoms in total. The summed E-state index contributed by atoms with van der Waals surface area (Å²) in [5.74, 6) is 1.69. The Kier molecular flexibility index (Phi) is 5.34. The molecule has 2 atom stereocenters. The van der Waals surface area contributed by atoms with Gasteiger partial charge >= 0.3 is 0 Å². The van der Waals surface area contributed by atoms with E-state index in [1.54, 1.807) is 24.0 Å². The summed E-state index contributed by atoms with van der Waals surface area (Å²) >= 11 is 0. The highest BCUT2D eigenvalue weighted by Gasteiger charge is 2.74. The van der Waals surface area contributed by atoms with Crippen molar-refractivity contribution in [2.24, 2.45) is 15.8 Å². The number of methoxy groups -OCH3 is 2. The molecule has 8 heteroatoms. The molecule has 0 saturated carbocycles. The maximum Gasteiger partial charge on any atom is 0.241 e. The smallest absolute Gasteiger partial charge is 0.241 e. The number of para-hydroxylation sites is 1. The van der Waals surface area contributed by atoms with E-state index in [0.29, 0.717) is 28.8 Å². The lowest BCUT2D eigenvalue weighted by atomic mass is 9.59. The molecule has 2 fully saturated rings. The molecular weight excluding hydrogens is 494 g/mol. The Morgan fingerprint density at radius 3 is 1.90 bits per heavy atom. The van der Waals surface area contributed by atoms with E-state index in [1.165, 1.54) is 0 Å². The molecule has 200 valence electrons. The van der Waals surface area contributed by atoms with Gasteiger partial charge in [0.2, 0.25) is 17.7 Å². The standard InChI is InChI=1S/C31H31N3O5/c1-29(2)26(35)33(19-11-15-21(37-5)16-12-19)28(29)39-25-31(23-9-7-8-10-24(23)32-25)30(3,4)27(36)34(31)20-13-17-22(38-6)18-14-20/h7-18,28H,1-6H3/t28-,31+/m0/s1. The lowest BCUT2D eigenvalue weighted by Gasteiger charge is -2.62. The van der Waals surface area contributed by atoms with Crippen LogP contribution < -0.4 is 19.3 Å². The van der Waals surface area contributed by atoms with Gasteiger partial charge < -0.3 is 14.2 Å². The summed E-state index contributed by atoms with van der Waals surface area (Å²) in [6.07, 6.45) is -0.632. The van der Waals surface area contributed by atoms with Crippen LogP contribution in [0.25, 0.3) is 0 Å². The summed E-state index contributed by atoms with van der Waals surface area (Å²) in [4.78, 5) is 35.4. The molecule has 0 aromatic heterocycles. The predicted octanol–water partition coefficient (Wildman–Crippen LogP) is 5.43. The number of aliphatic imine (C=N–C) groups is 1. The first-order chi connectivity index (χ1) is 18.6. The Balaban J connectivity index is 1.45. The van der Waals surface area contributed by atoms with Crippen LogP contribution in [0.5, 0.6) is 11.5 Å². The summed E-state index contributed by atoms with van der Waals surface area (Å²) in [7, 11) is 3.21. The fraction of sp³-hybridized carbons (Fsp3) is 0.323. The largest absolute Gasteiger partial charge is 0.497 e. The molecule has 3 aromatic carbocycles. The molecule has 2 amide bonds. The minimum absolute atomic E-state index is 0.0448. The van der Waals surface area contributed by atoms with Gasteiger partial charge in [0.1, 0.15) is 16.9 Å². The second-order valence-corrected chi connectivity index (χ2v) is 11.2. The van der Waals surface area contributed by atoms with Crippen molar-refractivity contribution in [2.75, 3.05) is 24.0 Å². The van der Waals surface area contributed by atoms with Gasteiger partial charge in [0.25, 0.3) is 0 Å². The van der Waals surface area contributed by atoms with E-state index >= 15 is 0 Å². The monoisotopic (exact) mass is 525 g/mol. The molecule has 3 aromatic rings. The molecule has 0 bridgehead atoms. The van der Waals surface area contributed by atoms with Crippen molar-refractivity contribution in [1.29, 1.82) is 0 Å². The molecule has 3 aliphatic heterocycles. The third-order valence-electron chi connectivity index (χ3n) is 8.33.